The van der Waals surface area contributed by atoms with Gasteiger partial charge in [-0.2, -0.15) is 0 Å². The normalized spacial score (nSPS) is 10.2. The summed E-state index contributed by atoms with van der Waals surface area (Å²) in [5, 5.41) is 1.01. The first-order chi connectivity index (χ1) is 9.63. The van der Waals surface area contributed by atoms with Gasteiger partial charge in [-0.15, -0.1) is 0 Å². The molecule has 3 nitrogen and oxygen atoms in total. The van der Waals surface area contributed by atoms with E-state index in [1.165, 1.54) is 0 Å². The van der Waals surface area contributed by atoms with E-state index in [2.05, 4.69) is 0 Å². The van der Waals surface area contributed by atoms with E-state index in [1.54, 1.807) is 43.5 Å². The van der Waals surface area contributed by atoms with Gasteiger partial charge in [-0.3, -0.25) is 4.79 Å². The van der Waals surface area contributed by atoms with Crippen LogP contribution in [0.15, 0.2) is 36.4 Å². The molecule has 0 saturated heterocycles. The molecule has 0 aromatic heterocycles. The molecule has 2 aromatic carbocycles. The highest BCUT2D eigenvalue weighted by atomic mass is 35.5. The minimum Gasteiger partial charge on any atom is -0.496 e. The van der Waals surface area contributed by atoms with Crippen LogP contribution in [-0.2, 0) is 6.61 Å². The van der Waals surface area contributed by atoms with E-state index in [9.17, 15) is 4.79 Å². The Kier molecular flexibility index (Phi) is 4.88. The van der Waals surface area contributed by atoms with Crippen LogP contribution in [0.1, 0.15) is 15.9 Å². The Hall–Kier alpha value is -1.71. The van der Waals surface area contributed by atoms with E-state index in [-0.39, 0.29) is 6.61 Å². The number of rotatable bonds is 5. The molecule has 2 aromatic rings. The molecule has 0 aliphatic carbocycles. The van der Waals surface area contributed by atoms with Crippen molar-refractivity contribution in [2.45, 2.75) is 6.61 Å². The molecule has 20 heavy (non-hydrogen) atoms. The molecule has 2 rings (SSSR count). The minimum absolute atomic E-state index is 0.227. The summed E-state index contributed by atoms with van der Waals surface area (Å²) in [6.07, 6.45) is 0.773. The summed E-state index contributed by atoms with van der Waals surface area (Å²) < 4.78 is 10.9. The van der Waals surface area contributed by atoms with Gasteiger partial charge >= 0.3 is 0 Å². The summed E-state index contributed by atoms with van der Waals surface area (Å²) in [4.78, 5) is 10.8. The van der Waals surface area contributed by atoms with Crippen molar-refractivity contribution in [2.75, 3.05) is 7.11 Å². The average molecular weight is 311 g/mol. The first kappa shape index (κ1) is 14.7. The Bertz CT molecular complexity index is 627. The molecule has 0 N–H and O–H groups in total. The van der Waals surface area contributed by atoms with Gasteiger partial charge in [0.25, 0.3) is 0 Å². The van der Waals surface area contributed by atoms with Crippen LogP contribution in [0.4, 0.5) is 0 Å². The Morgan fingerprint density at radius 3 is 2.60 bits per heavy atom. The number of methoxy groups -OCH3 is 1. The number of ether oxygens (including phenoxy) is 2. The van der Waals surface area contributed by atoms with Gasteiger partial charge in [-0.1, -0.05) is 23.2 Å². The molecule has 0 saturated carbocycles. The van der Waals surface area contributed by atoms with Crippen molar-refractivity contribution >= 4 is 29.5 Å². The fourth-order valence-corrected chi connectivity index (χ4v) is 2.06. The van der Waals surface area contributed by atoms with Crippen LogP contribution in [0.25, 0.3) is 0 Å². The molecule has 0 radical (unpaired) electrons. The third kappa shape index (κ3) is 3.44. The smallest absolute Gasteiger partial charge is 0.150 e. The second-order valence-corrected chi connectivity index (χ2v) is 4.90. The SMILES string of the molecule is COc1ccc(C=O)cc1COc1cc(Cl)ccc1Cl. The van der Waals surface area contributed by atoms with Crippen molar-refractivity contribution in [3.05, 3.63) is 57.6 Å². The van der Waals surface area contributed by atoms with Gasteiger partial charge in [0, 0.05) is 22.2 Å². The van der Waals surface area contributed by atoms with E-state index < -0.39 is 0 Å². The molecule has 0 atom stereocenters. The predicted octanol–water partition coefficient (Wildman–Crippen LogP) is 4.39. The molecule has 0 amide bonds. The van der Waals surface area contributed by atoms with Crippen LogP contribution in [0, 0.1) is 0 Å². The van der Waals surface area contributed by atoms with Gasteiger partial charge in [0.05, 0.1) is 12.1 Å². The third-order valence-electron chi connectivity index (χ3n) is 2.72. The fourth-order valence-electron chi connectivity index (χ4n) is 1.73. The van der Waals surface area contributed by atoms with Crippen molar-refractivity contribution in [1.29, 1.82) is 0 Å². The van der Waals surface area contributed by atoms with Crippen molar-refractivity contribution < 1.29 is 14.3 Å². The van der Waals surface area contributed by atoms with E-state index >= 15 is 0 Å². The van der Waals surface area contributed by atoms with Crippen LogP contribution in [-0.4, -0.2) is 13.4 Å². The van der Waals surface area contributed by atoms with Gasteiger partial charge in [-0.05, 0) is 30.3 Å². The zero-order valence-electron chi connectivity index (χ0n) is 10.7. The topological polar surface area (TPSA) is 35.5 Å². The monoisotopic (exact) mass is 310 g/mol. The number of benzene rings is 2. The van der Waals surface area contributed by atoms with Gasteiger partial charge in [0.2, 0.25) is 0 Å². The maximum absolute atomic E-state index is 10.8. The van der Waals surface area contributed by atoms with Gasteiger partial charge in [0.1, 0.15) is 24.4 Å². The molecular weight excluding hydrogens is 299 g/mol. The second-order valence-electron chi connectivity index (χ2n) is 4.05. The Balaban J connectivity index is 2.21. The van der Waals surface area contributed by atoms with Crippen molar-refractivity contribution in [3.8, 4) is 11.5 Å². The van der Waals surface area contributed by atoms with E-state index in [0.29, 0.717) is 27.1 Å². The number of hydrogen-bond donors (Lipinski definition) is 0. The zero-order chi connectivity index (χ0) is 14.5. The standard InChI is InChI=1S/C15H12Cl2O3/c1-19-14-5-2-10(8-18)6-11(14)9-20-15-7-12(16)3-4-13(15)17/h2-8H,9H2,1H3. The zero-order valence-corrected chi connectivity index (χ0v) is 12.2. The molecule has 0 spiro atoms. The maximum Gasteiger partial charge on any atom is 0.150 e. The molecule has 0 unspecified atom stereocenters. The summed E-state index contributed by atoms with van der Waals surface area (Å²) in [7, 11) is 1.56. The van der Waals surface area contributed by atoms with Gasteiger partial charge in [0.15, 0.2) is 0 Å². The number of halogens is 2. The third-order valence-corrected chi connectivity index (χ3v) is 3.26. The van der Waals surface area contributed by atoms with Gasteiger partial charge < -0.3 is 9.47 Å². The van der Waals surface area contributed by atoms with E-state index in [4.69, 9.17) is 32.7 Å². The second kappa shape index (κ2) is 6.64. The van der Waals surface area contributed by atoms with Crippen molar-refractivity contribution in [1.82, 2.24) is 0 Å². The quantitative estimate of drug-likeness (QED) is 0.768. The van der Waals surface area contributed by atoms with Crippen LogP contribution < -0.4 is 9.47 Å². The van der Waals surface area contributed by atoms with Crippen LogP contribution in [0.5, 0.6) is 11.5 Å². The van der Waals surface area contributed by atoms with Crippen LogP contribution >= 0.6 is 23.2 Å². The molecular formula is C15H12Cl2O3. The molecule has 0 heterocycles. The summed E-state index contributed by atoms with van der Waals surface area (Å²) in [6, 6.07) is 10.1. The number of aldehydes is 1. The largest absolute Gasteiger partial charge is 0.496 e. The lowest BCUT2D eigenvalue weighted by Crippen LogP contribution is -2.00. The lowest BCUT2D eigenvalue weighted by Gasteiger charge is -2.12. The highest BCUT2D eigenvalue weighted by molar-refractivity contribution is 6.34. The van der Waals surface area contributed by atoms with E-state index in [0.717, 1.165) is 11.8 Å². The first-order valence-corrected chi connectivity index (χ1v) is 6.59. The maximum atomic E-state index is 10.8. The predicted molar refractivity (Wildman–Crippen MR) is 79.2 cm³/mol. The van der Waals surface area contributed by atoms with Crippen LogP contribution in [0.3, 0.4) is 0 Å². The Morgan fingerprint density at radius 2 is 1.90 bits per heavy atom. The molecule has 0 aliphatic rings. The molecule has 0 fully saturated rings. The fraction of sp³-hybridized carbons (Fsp3) is 0.133. The number of hydrogen-bond acceptors (Lipinski definition) is 3. The molecule has 0 aliphatic heterocycles. The molecule has 104 valence electrons. The highest BCUT2D eigenvalue weighted by Crippen LogP contribution is 2.29. The summed E-state index contributed by atoms with van der Waals surface area (Å²) in [6.45, 7) is 0.227. The summed E-state index contributed by atoms with van der Waals surface area (Å²) in [5.74, 6) is 1.13. The average Bonchev–Trinajstić information content (AvgIpc) is 2.47. The number of carbonyl (C=O) groups is 1. The molecule has 5 heteroatoms. The van der Waals surface area contributed by atoms with Crippen LogP contribution in [0.2, 0.25) is 10.0 Å². The minimum atomic E-state index is 0.227. The Morgan fingerprint density at radius 1 is 1.10 bits per heavy atom. The van der Waals surface area contributed by atoms with Crippen molar-refractivity contribution in [3.63, 3.8) is 0 Å². The van der Waals surface area contributed by atoms with E-state index in [1.807, 2.05) is 0 Å². The number of carbonyl (C=O) groups excluding carboxylic acids is 1. The molecule has 0 bridgehead atoms. The first-order valence-electron chi connectivity index (χ1n) is 5.84. The highest BCUT2D eigenvalue weighted by Gasteiger charge is 2.08. The Labute approximate surface area is 127 Å². The van der Waals surface area contributed by atoms with Gasteiger partial charge in [-0.25, -0.2) is 0 Å². The summed E-state index contributed by atoms with van der Waals surface area (Å²) >= 11 is 11.9. The van der Waals surface area contributed by atoms with Crippen molar-refractivity contribution in [2.24, 2.45) is 0 Å². The summed E-state index contributed by atoms with van der Waals surface area (Å²) in [5.41, 5.74) is 1.31. The lowest BCUT2D eigenvalue weighted by molar-refractivity contribution is 0.112. The lowest BCUT2D eigenvalue weighted by atomic mass is 10.1.